The number of nitrogens with zero attached hydrogens (tertiary/aromatic N) is 2. The van der Waals surface area contributed by atoms with E-state index in [1.165, 1.54) is 11.0 Å². The van der Waals surface area contributed by atoms with Gasteiger partial charge in [-0.25, -0.2) is 4.98 Å². The van der Waals surface area contributed by atoms with Gasteiger partial charge in [0.05, 0.1) is 6.61 Å². The van der Waals surface area contributed by atoms with Crippen LogP contribution in [-0.2, 0) is 6.61 Å². The molecule has 0 radical (unpaired) electrons. The smallest absolute Gasteiger partial charge is 0.392 e. The maximum absolute atomic E-state index is 12.6. The molecule has 1 N–H and O–H groups in total. The molecule has 0 aliphatic heterocycles. The van der Waals surface area contributed by atoms with Crippen molar-refractivity contribution in [2.75, 3.05) is 18.0 Å². The van der Waals surface area contributed by atoms with Crippen molar-refractivity contribution in [3.63, 3.8) is 0 Å². The Morgan fingerprint density at radius 2 is 1.95 bits per heavy atom. The van der Waals surface area contributed by atoms with Gasteiger partial charge in [-0.2, -0.15) is 13.2 Å². The molecule has 0 bridgehead atoms. The fourth-order valence-corrected chi connectivity index (χ4v) is 1.90. The number of aromatic nitrogens is 1. The molecule has 0 aromatic carbocycles. The van der Waals surface area contributed by atoms with Crippen molar-refractivity contribution < 1.29 is 18.3 Å². The molecule has 1 heterocycles. The molecule has 114 valence electrons. The fourth-order valence-electron chi connectivity index (χ4n) is 1.90. The first-order valence-electron chi connectivity index (χ1n) is 6.70. The van der Waals surface area contributed by atoms with Gasteiger partial charge in [-0.1, -0.05) is 20.8 Å². The number of rotatable bonds is 6. The van der Waals surface area contributed by atoms with Crippen LogP contribution in [-0.4, -0.2) is 29.4 Å². The van der Waals surface area contributed by atoms with Crippen molar-refractivity contribution in [3.05, 3.63) is 23.4 Å². The Morgan fingerprint density at radius 1 is 1.30 bits per heavy atom. The van der Waals surface area contributed by atoms with Gasteiger partial charge in [-0.3, -0.25) is 0 Å². The third kappa shape index (κ3) is 5.00. The highest BCUT2D eigenvalue weighted by Crippen LogP contribution is 2.24. The van der Waals surface area contributed by atoms with Gasteiger partial charge in [0.2, 0.25) is 0 Å². The van der Waals surface area contributed by atoms with Gasteiger partial charge in [0.1, 0.15) is 12.4 Å². The van der Waals surface area contributed by atoms with Crippen LogP contribution in [0.4, 0.5) is 19.0 Å². The van der Waals surface area contributed by atoms with Crippen LogP contribution in [0.3, 0.4) is 0 Å². The third-order valence-corrected chi connectivity index (χ3v) is 2.85. The van der Waals surface area contributed by atoms with Crippen molar-refractivity contribution in [1.29, 1.82) is 0 Å². The van der Waals surface area contributed by atoms with Crippen molar-refractivity contribution in [2.24, 2.45) is 0 Å². The molecule has 20 heavy (non-hydrogen) atoms. The number of aliphatic hydroxyl groups excluding tert-OH is 1. The molecule has 0 spiro atoms. The van der Waals surface area contributed by atoms with E-state index in [-0.39, 0.29) is 24.9 Å². The first kappa shape index (κ1) is 16.8. The number of halogens is 3. The standard InChI is InChI=1S/C14H21F3N2O/c1-4-5-19(9-14(15,16)17)13-7-11(8-20)6-12(18-13)10(2)3/h6-7,10,20H,4-5,8-9H2,1-3H3. The average Bonchev–Trinajstić information content (AvgIpc) is 2.36. The summed E-state index contributed by atoms with van der Waals surface area (Å²) in [5, 5.41) is 9.24. The normalized spacial score (nSPS) is 12.0. The summed E-state index contributed by atoms with van der Waals surface area (Å²) in [6.07, 6.45) is -3.68. The van der Waals surface area contributed by atoms with E-state index >= 15 is 0 Å². The summed E-state index contributed by atoms with van der Waals surface area (Å²) in [6, 6.07) is 3.25. The van der Waals surface area contributed by atoms with Gasteiger partial charge in [-0.15, -0.1) is 0 Å². The molecule has 0 aliphatic rings. The van der Waals surface area contributed by atoms with Crippen molar-refractivity contribution in [2.45, 2.75) is 45.9 Å². The molecule has 0 saturated heterocycles. The van der Waals surface area contributed by atoms with Crippen LogP contribution in [0, 0.1) is 0 Å². The van der Waals surface area contributed by atoms with Gasteiger partial charge in [0, 0.05) is 12.2 Å². The van der Waals surface area contributed by atoms with E-state index in [0.717, 1.165) is 0 Å². The number of anilines is 1. The van der Waals surface area contributed by atoms with Gasteiger partial charge < -0.3 is 10.0 Å². The van der Waals surface area contributed by atoms with Gasteiger partial charge in [0.15, 0.2) is 0 Å². The Bertz CT molecular complexity index is 433. The van der Waals surface area contributed by atoms with Gasteiger partial charge >= 0.3 is 6.18 Å². The quantitative estimate of drug-likeness (QED) is 0.871. The van der Waals surface area contributed by atoms with E-state index in [1.807, 2.05) is 20.8 Å². The van der Waals surface area contributed by atoms with E-state index < -0.39 is 12.7 Å². The monoisotopic (exact) mass is 290 g/mol. The summed E-state index contributed by atoms with van der Waals surface area (Å²) >= 11 is 0. The molecule has 0 unspecified atom stereocenters. The topological polar surface area (TPSA) is 36.4 Å². The largest absolute Gasteiger partial charge is 0.405 e. The number of alkyl halides is 3. The van der Waals surface area contributed by atoms with E-state index in [4.69, 9.17) is 0 Å². The van der Waals surface area contributed by atoms with E-state index in [2.05, 4.69) is 4.98 Å². The molecule has 0 fully saturated rings. The van der Waals surface area contributed by atoms with Gasteiger partial charge in [-0.05, 0) is 30.0 Å². The minimum absolute atomic E-state index is 0.0922. The van der Waals surface area contributed by atoms with Gasteiger partial charge in [0.25, 0.3) is 0 Å². The lowest BCUT2D eigenvalue weighted by molar-refractivity contribution is -0.119. The predicted molar refractivity (Wildman–Crippen MR) is 72.8 cm³/mol. The van der Waals surface area contributed by atoms with E-state index in [1.54, 1.807) is 6.07 Å². The maximum Gasteiger partial charge on any atom is 0.405 e. The van der Waals surface area contributed by atoms with Crippen LogP contribution in [0.2, 0.25) is 0 Å². The molecule has 1 aromatic heterocycles. The highest BCUT2D eigenvalue weighted by Gasteiger charge is 2.31. The number of hydrogen-bond acceptors (Lipinski definition) is 3. The summed E-state index contributed by atoms with van der Waals surface area (Å²) in [4.78, 5) is 5.51. The third-order valence-electron chi connectivity index (χ3n) is 2.85. The lowest BCUT2D eigenvalue weighted by Gasteiger charge is -2.25. The zero-order chi connectivity index (χ0) is 15.3. The molecule has 0 atom stereocenters. The van der Waals surface area contributed by atoms with Crippen LogP contribution in [0.25, 0.3) is 0 Å². The zero-order valence-electron chi connectivity index (χ0n) is 12.0. The fraction of sp³-hybridized carbons (Fsp3) is 0.643. The second-order valence-corrected chi connectivity index (χ2v) is 5.11. The highest BCUT2D eigenvalue weighted by atomic mass is 19.4. The molecular formula is C14H21F3N2O. The van der Waals surface area contributed by atoms with Crippen LogP contribution in [0.15, 0.2) is 12.1 Å². The summed E-state index contributed by atoms with van der Waals surface area (Å²) in [5.41, 5.74) is 1.27. The lowest BCUT2D eigenvalue weighted by atomic mass is 10.1. The predicted octanol–water partition coefficient (Wildman–Crippen LogP) is 3.48. The summed E-state index contributed by atoms with van der Waals surface area (Å²) in [5.74, 6) is 0.369. The molecule has 1 rings (SSSR count). The Hall–Kier alpha value is -1.30. The number of hydrogen-bond donors (Lipinski definition) is 1. The minimum Gasteiger partial charge on any atom is -0.392 e. The van der Waals surface area contributed by atoms with Crippen LogP contribution >= 0.6 is 0 Å². The second kappa shape index (κ2) is 6.92. The average molecular weight is 290 g/mol. The molecule has 0 aliphatic carbocycles. The lowest BCUT2D eigenvalue weighted by Crippen LogP contribution is -2.35. The van der Waals surface area contributed by atoms with Crippen molar-refractivity contribution in [1.82, 2.24) is 4.98 Å². The van der Waals surface area contributed by atoms with E-state index in [9.17, 15) is 18.3 Å². The molecular weight excluding hydrogens is 269 g/mol. The minimum atomic E-state index is -4.27. The molecule has 0 amide bonds. The first-order valence-corrected chi connectivity index (χ1v) is 6.70. The highest BCUT2D eigenvalue weighted by molar-refractivity contribution is 5.43. The maximum atomic E-state index is 12.6. The Kier molecular flexibility index (Phi) is 5.80. The first-order chi connectivity index (χ1) is 9.26. The van der Waals surface area contributed by atoms with Crippen LogP contribution in [0.1, 0.15) is 44.4 Å². The SMILES string of the molecule is CCCN(CC(F)(F)F)c1cc(CO)cc(C(C)C)n1. The number of pyridine rings is 1. The molecule has 3 nitrogen and oxygen atoms in total. The summed E-state index contributed by atoms with van der Waals surface area (Å²) in [7, 11) is 0. The zero-order valence-corrected chi connectivity index (χ0v) is 12.0. The van der Waals surface area contributed by atoms with Crippen LogP contribution < -0.4 is 4.90 Å². The van der Waals surface area contributed by atoms with Crippen molar-refractivity contribution in [3.8, 4) is 0 Å². The van der Waals surface area contributed by atoms with Crippen LogP contribution in [0.5, 0.6) is 0 Å². The Morgan fingerprint density at radius 3 is 2.40 bits per heavy atom. The Balaban J connectivity index is 3.14. The molecule has 0 saturated carbocycles. The second-order valence-electron chi connectivity index (χ2n) is 5.11. The van der Waals surface area contributed by atoms with E-state index in [0.29, 0.717) is 17.7 Å². The summed E-state index contributed by atoms with van der Waals surface area (Å²) < 4.78 is 37.9. The number of aliphatic hydroxyl groups is 1. The Labute approximate surface area is 117 Å². The molecule has 1 aromatic rings. The summed E-state index contributed by atoms with van der Waals surface area (Å²) in [6.45, 7) is 4.70. The molecule has 6 heteroatoms. The van der Waals surface area contributed by atoms with Crippen molar-refractivity contribution >= 4 is 5.82 Å².